The largest absolute Gasteiger partial charge is 0.497 e. The van der Waals surface area contributed by atoms with Crippen LogP contribution in [0.25, 0.3) is 11.1 Å². The number of para-hydroxylation sites is 2. The molecule has 1 aromatic heterocycles. The predicted octanol–water partition coefficient (Wildman–Crippen LogP) is 3.86. The molecule has 1 aliphatic rings. The van der Waals surface area contributed by atoms with Crippen LogP contribution in [0.1, 0.15) is 35.0 Å². The molecule has 0 atom stereocenters. The number of likely N-dealkylation sites (tertiary alicyclic amines) is 1. The monoisotopic (exact) mass is 366 g/mol. The minimum atomic E-state index is -0.0400. The van der Waals surface area contributed by atoms with E-state index in [1.54, 1.807) is 32.4 Å². The lowest BCUT2D eigenvalue weighted by Crippen LogP contribution is -2.38. The van der Waals surface area contributed by atoms with Gasteiger partial charge in [-0.15, -0.1) is 0 Å². The van der Waals surface area contributed by atoms with Crippen molar-refractivity contribution in [2.45, 2.75) is 18.8 Å². The van der Waals surface area contributed by atoms with Gasteiger partial charge in [-0.3, -0.25) is 4.79 Å². The van der Waals surface area contributed by atoms with E-state index in [0.717, 1.165) is 29.8 Å². The van der Waals surface area contributed by atoms with Gasteiger partial charge in [0.2, 0.25) is 0 Å². The van der Waals surface area contributed by atoms with E-state index in [2.05, 4.69) is 4.98 Å². The molecule has 0 spiro atoms. The molecule has 0 bridgehead atoms. The predicted molar refractivity (Wildman–Crippen MR) is 101 cm³/mol. The summed E-state index contributed by atoms with van der Waals surface area (Å²) in [6.07, 6.45) is 1.65. The van der Waals surface area contributed by atoms with Gasteiger partial charge in [0.1, 0.15) is 17.0 Å². The van der Waals surface area contributed by atoms with Gasteiger partial charge in [-0.2, -0.15) is 0 Å². The second-order valence-electron chi connectivity index (χ2n) is 6.65. The lowest BCUT2D eigenvalue weighted by atomic mass is 9.96. The zero-order valence-electron chi connectivity index (χ0n) is 15.5. The molecule has 1 aliphatic heterocycles. The number of ether oxygens (including phenoxy) is 2. The van der Waals surface area contributed by atoms with Crippen molar-refractivity contribution < 1.29 is 18.7 Å². The summed E-state index contributed by atoms with van der Waals surface area (Å²) < 4.78 is 16.5. The molecule has 2 heterocycles. The number of carbonyl (C=O) groups is 1. The van der Waals surface area contributed by atoms with Gasteiger partial charge in [-0.05, 0) is 43.2 Å². The first-order valence-corrected chi connectivity index (χ1v) is 9.06. The number of carbonyl (C=O) groups excluding carboxylic acids is 1. The third-order valence-electron chi connectivity index (χ3n) is 5.08. The summed E-state index contributed by atoms with van der Waals surface area (Å²) in [7, 11) is 3.15. The van der Waals surface area contributed by atoms with E-state index < -0.39 is 0 Å². The second-order valence-corrected chi connectivity index (χ2v) is 6.65. The fourth-order valence-electron chi connectivity index (χ4n) is 3.55. The lowest BCUT2D eigenvalue weighted by Gasteiger charge is -2.31. The smallest absolute Gasteiger partial charge is 0.257 e. The summed E-state index contributed by atoms with van der Waals surface area (Å²) in [5, 5.41) is 0. The molecule has 3 aromatic rings. The van der Waals surface area contributed by atoms with Gasteiger partial charge >= 0.3 is 0 Å². The number of aromatic nitrogens is 1. The zero-order valence-corrected chi connectivity index (χ0v) is 15.5. The summed E-state index contributed by atoms with van der Waals surface area (Å²) in [5.41, 5.74) is 2.22. The van der Waals surface area contributed by atoms with E-state index in [1.165, 1.54) is 0 Å². The molecular formula is C21H22N2O4. The van der Waals surface area contributed by atoms with Gasteiger partial charge in [-0.25, -0.2) is 4.98 Å². The summed E-state index contributed by atoms with van der Waals surface area (Å²) >= 11 is 0. The number of benzene rings is 2. The average molecular weight is 366 g/mol. The first-order valence-electron chi connectivity index (χ1n) is 9.06. The fourth-order valence-corrected chi connectivity index (χ4v) is 3.55. The number of nitrogens with zero attached hydrogens (tertiary/aromatic N) is 2. The summed E-state index contributed by atoms with van der Waals surface area (Å²) in [5.74, 6) is 2.15. The number of hydrogen-bond acceptors (Lipinski definition) is 5. The molecule has 0 saturated carbocycles. The van der Waals surface area contributed by atoms with Crippen molar-refractivity contribution in [3.8, 4) is 11.5 Å². The minimum absolute atomic E-state index is 0.0400. The Bertz CT molecular complexity index is 925. The highest BCUT2D eigenvalue weighted by Crippen LogP contribution is 2.32. The molecule has 4 rings (SSSR count). The molecule has 0 aliphatic carbocycles. The van der Waals surface area contributed by atoms with Crippen molar-refractivity contribution in [2.75, 3.05) is 27.3 Å². The van der Waals surface area contributed by atoms with Crippen LogP contribution in [0.4, 0.5) is 0 Å². The number of rotatable bonds is 4. The molecule has 0 unspecified atom stereocenters. The van der Waals surface area contributed by atoms with Crippen LogP contribution in [0.15, 0.2) is 46.9 Å². The maximum Gasteiger partial charge on any atom is 0.257 e. The van der Waals surface area contributed by atoms with Gasteiger partial charge in [-0.1, -0.05) is 12.1 Å². The molecule has 0 N–H and O–H groups in total. The highest BCUT2D eigenvalue weighted by Gasteiger charge is 2.29. The molecule has 2 aromatic carbocycles. The summed E-state index contributed by atoms with van der Waals surface area (Å²) in [6.45, 7) is 1.31. The number of piperidine rings is 1. The second kappa shape index (κ2) is 7.31. The molecule has 27 heavy (non-hydrogen) atoms. The number of fused-ring (bicyclic) bond motifs is 1. The van der Waals surface area contributed by atoms with Crippen LogP contribution < -0.4 is 9.47 Å². The Kier molecular flexibility index (Phi) is 4.71. The molecule has 6 heteroatoms. The van der Waals surface area contributed by atoms with Crippen molar-refractivity contribution in [3.63, 3.8) is 0 Å². The van der Waals surface area contributed by atoms with Crippen LogP contribution in [0.5, 0.6) is 11.5 Å². The SMILES string of the molecule is COc1ccc(OC)c(C(=O)N2CCC(c3nc4ccccc4o3)CC2)c1. The highest BCUT2D eigenvalue weighted by atomic mass is 16.5. The minimum Gasteiger partial charge on any atom is -0.497 e. The maximum absolute atomic E-state index is 13.0. The van der Waals surface area contributed by atoms with Crippen molar-refractivity contribution in [3.05, 3.63) is 53.9 Å². The lowest BCUT2D eigenvalue weighted by molar-refractivity contribution is 0.0703. The molecule has 1 amide bonds. The third kappa shape index (κ3) is 3.35. The number of oxazole rings is 1. The molecule has 140 valence electrons. The Labute approximate surface area is 157 Å². The van der Waals surface area contributed by atoms with E-state index in [1.807, 2.05) is 29.2 Å². The van der Waals surface area contributed by atoms with Gasteiger partial charge in [0, 0.05) is 19.0 Å². The van der Waals surface area contributed by atoms with E-state index in [9.17, 15) is 4.79 Å². The quantitative estimate of drug-likeness (QED) is 0.701. The normalized spacial score (nSPS) is 15.1. The zero-order chi connectivity index (χ0) is 18.8. The van der Waals surface area contributed by atoms with Crippen LogP contribution in [0.3, 0.4) is 0 Å². The Balaban J connectivity index is 1.48. The Morgan fingerprint density at radius 1 is 1.11 bits per heavy atom. The Hall–Kier alpha value is -3.02. The van der Waals surface area contributed by atoms with E-state index in [-0.39, 0.29) is 11.8 Å². The van der Waals surface area contributed by atoms with Crippen LogP contribution >= 0.6 is 0 Å². The van der Waals surface area contributed by atoms with Gasteiger partial charge in [0.05, 0.1) is 19.8 Å². The topological polar surface area (TPSA) is 64.8 Å². The van der Waals surface area contributed by atoms with Crippen molar-refractivity contribution >= 4 is 17.0 Å². The summed E-state index contributed by atoms with van der Waals surface area (Å²) in [4.78, 5) is 19.4. The van der Waals surface area contributed by atoms with Gasteiger partial charge < -0.3 is 18.8 Å². The molecule has 1 fully saturated rings. The third-order valence-corrected chi connectivity index (χ3v) is 5.08. The molecule has 6 nitrogen and oxygen atoms in total. The number of hydrogen-bond donors (Lipinski definition) is 0. The van der Waals surface area contributed by atoms with Gasteiger partial charge in [0.15, 0.2) is 11.5 Å². The first kappa shape index (κ1) is 17.4. The van der Waals surface area contributed by atoms with Crippen LogP contribution in [0, 0.1) is 0 Å². The van der Waals surface area contributed by atoms with Crippen molar-refractivity contribution in [1.82, 2.24) is 9.88 Å². The maximum atomic E-state index is 13.0. The van der Waals surface area contributed by atoms with Crippen LogP contribution in [0.2, 0.25) is 0 Å². The molecular weight excluding hydrogens is 344 g/mol. The van der Waals surface area contributed by atoms with Gasteiger partial charge in [0.25, 0.3) is 5.91 Å². The first-order chi connectivity index (χ1) is 13.2. The molecule has 0 radical (unpaired) electrons. The van der Waals surface area contributed by atoms with E-state index in [4.69, 9.17) is 13.9 Å². The van der Waals surface area contributed by atoms with Crippen molar-refractivity contribution in [2.24, 2.45) is 0 Å². The Morgan fingerprint density at radius 3 is 2.59 bits per heavy atom. The average Bonchev–Trinajstić information content (AvgIpc) is 3.17. The standard InChI is InChI=1S/C21H22N2O4/c1-25-15-7-8-18(26-2)16(13-15)21(24)23-11-9-14(10-12-23)20-22-17-5-3-4-6-19(17)27-20/h3-8,13-14H,9-12H2,1-2H3. The van der Waals surface area contributed by atoms with Crippen LogP contribution in [-0.2, 0) is 0 Å². The van der Waals surface area contributed by atoms with Crippen LogP contribution in [-0.4, -0.2) is 43.1 Å². The fraction of sp³-hybridized carbons (Fsp3) is 0.333. The number of methoxy groups -OCH3 is 2. The summed E-state index contributed by atoms with van der Waals surface area (Å²) in [6, 6.07) is 13.1. The van der Waals surface area contributed by atoms with E-state index in [0.29, 0.717) is 30.2 Å². The van der Waals surface area contributed by atoms with E-state index >= 15 is 0 Å². The molecule has 1 saturated heterocycles. The Morgan fingerprint density at radius 2 is 1.89 bits per heavy atom. The number of amides is 1. The highest BCUT2D eigenvalue weighted by molar-refractivity contribution is 5.97. The van der Waals surface area contributed by atoms with Crippen molar-refractivity contribution in [1.29, 1.82) is 0 Å².